The third-order valence-electron chi connectivity index (χ3n) is 3.27. The van der Waals surface area contributed by atoms with Crippen LogP contribution >= 0.6 is 0 Å². The maximum atomic E-state index is 5.89. The van der Waals surface area contributed by atoms with Crippen LogP contribution in [0, 0.1) is 0 Å². The van der Waals surface area contributed by atoms with Crippen LogP contribution < -0.4 is 10.1 Å². The molecule has 102 valence electrons. The van der Waals surface area contributed by atoms with Gasteiger partial charge >= 0.3 is 0 Å². The number of nitrogens with one attached hydrogen (secondary N) is 1. The molecule has 0 aliphatic heterocycles. The van der Waals surface area contributed by atoms with E-state index in [4.69, 9.17) is 4.74 Å². The third-order valence-corrected chi connectivity index (χ3v) is 3.27. The largest absolute Gasteiger partial charge is 0.488 e. The minimum absolute atomic E-state index is 0.136. The lowest BCUT2D eigenvalue weighted by atomic mass is 10.2. The molecule has 1 aromatic carbocycles. The first kappa shape index (κ1) is 13.8. The Morgan fingerprint density at radius 1 is 1.26 bits per heavy atom. The normalized spacial score (nSPS) is 14.3. The third kappa shape index (κ3) is 3.93. The van der Waals surface area contributed by atoms with Gasteiger partial charge < -0.3 is 10.1 Å². The van der Waals surface area contributed by atoms with E-state index in [1.165, 1.54) is 0 Å². The summed E-state index contributed by atoms with van der Waals surface area (Å²) in [5, 5.41) is 4.56. The molecule has 19 heavy (non-hydrogen) atoms. The average molecular weight is 258 g/mol. The molecule has 3 heteroatoms. The van der Waals surface area contributed by atoms with Crippen LogP contribution in [0.1, 0.15) is 27.2 Å². The van der Waals surface area contributed by atoms with Crippen LogP contribution in [0.4, 0.5) is 0 Å². The Hall–Kier alpha value is -1.61. The highest BCUT2D eigenvalue weighted by atomic mass is 16.5. The van der Waals surface area contributed by atoms with E-state index in [2.05, 4.69) is 37.1 Å². The van der Waals surface area contributed by atoms with Gasteiger partial charge in [0, 0.05) is 18.0 Å². The number of aromatic nitrogens is 1. The van der Waals surface area contributed by atoms with Gasteiger partial charge in [0.1, 0.15) is 11.9 Å². The van der Waals surface area contributed by atoms with Crippen LogP contribution in [0.25, 0.3) is 10.9 Å². The van der Waals surface area contributed by atoms with Crippen molar-refractivity contribution < 1.29 is 4.74 Å². The molecule has 0 radical (unpaired) electrons. The van der Waals surface area contributed by atoms with Crippen molar-refractivity contribution in [2.45, 2.75) is 39.3 Å². The second kappa shape index (κ2) is 6.53. The van der Waals surface area contributed by atoms with Gasteiger partial charge in [-0.25, -0.2) is 0 Å². The molecule has 0 fully saturated rings. The highest BCUT2D eigenvalue weighted by molar-refractivity contribution is 5.79. The van der Waals surface area contributed by atoms with Gasteiger partial charge in [-0.3, -0.25) is 4.98 Å². The summed E-state index contributed by atoms with van der Waals surface area (Å²) < 4.78 is 5.89. The van der Waals surface area contributed by atoms with Crippen molar-refractivity contribution in [2.75, 3.05) is 6.54 Å². The van der Waals surface area contributed by atoms with E-state index < -0.39 is 0 Å². The number of nitrogens with zero attached hydrogens (tertiary/aromatic N) is 1. The van der Waals surface area contributed by atoms with Gasteiger partial charge in [-0.05, 0) is 32.4 Å². The van der Waals surface area contributed by atoms with Crippen molar-refractivity contribution in [1.82, 2.24) is 10.3 Å². The van der Waals surface area contributed by atoms with E-state index in [0.717, 1.165) is 29.6 Å². The van der Waals surface area contributed by atoms with E-state index in [9.17, 15) is 0 Å². The zero-order chi connectivity index (χ0) is 13.7. The molecule has 0 saturated carbocycles. The van der Waals surface area contributed by atoms with Gasteiger partial charge in [-0.2, -0.15) is 0 Å². The molecule has 0 amide bonds. The van der Waals surface area contributed by atoms with Gasteiger partial charge in [-0.15, -0.1) is 0 Å². The molecule has 1 heterocycles. The maximum Gasteiger partial charge on any atom is 0.138 e. The lowest BCUT2D eigenvalue weighted by molar-refractivity contribution is 0.211. The molecule has 1 N–H and O–H groups in total. The molecule has 2 rings (SSSR count). The van der Waals surface area contributed by atoms with Gasteiger partial charge in [0.15, 0.2) is 0 Å². The Balaban J connectivity index is 1.96. The quantitative estimate of drug-likeness (QED) is 0.862. The first-order valence-corrected chi connectivity index (χ1v) is 6.94. The van der Waals surface area contributed by atoms with E-state index >= 15 is 0 Å². The molecule has 1 aromatic heterocycles. The number of ether oxygens (including phenoxy) is 1. The molecule has 2 aromatic rings. The highest BCUT2D eigenvalue weighted by Gasteiger charge is 2.06. The molecular formula is C16H22N2O. The number of para-hydroxylation sites is 1. The summed E-state index contributed by atoms with van der Waals surface area (Å²) >= 11 is 0. The van der Waals surface area contributed by atoms with E-state index in [1.54, 1.807) is 6.20 Å². The molecule has 0 bridgehead atoms. The first-order chi connectivity index (χ1) is 9.19. The topological polar surface area (TPSA) is 34.1 Å². The van der Waals surface area contributed by atoms with Crippen molar-refractivity contribution in [3.8, 4) is 5.75 Å². The minimum Gasteiger partial charge on any atom is -0.488 e. The Bertz CT molecular complexity index is 527. The monoisotopic (exact) mass is 258 g/mol. The molecule has 0 spiro atoms. The minimum atomic E-state index is 0.136. The smallest absolute Gasteiger partial charge is 0.138 e. The second-order valence-electron chi connectivity index (χ2n) is 5.01. The van der Waals surface area contributed by atoms with Gasteiger partial charge in [-0.1, -0.05) is 25.1 Å². The average Bonchev–Trinajstić information content (AvgIpc) is 2.44. The Morgan fingerprint density at radius 2 is 2.05 bits per heavy atom. The summed E-state index contributed by atoms with van der Waals surface area (Å²) in [6, 6.07) is 10.6. The summed E-state index contributed by atoms with van der Waals surface area (Å²) in [6.07, 6.45) is 3.06. The number of pyridine rings is 1. The van der Waals surface area contributed by atoms with Crippen molar-refractivity contribution in [2.24, 2.45) is 0 Å². The van der Waals surface area contributed by atoms with Crippen LogP contribution in [-0.4, -0.2) is 23.7 Å². The number of hydrogen-bond acceptors (Lipinski definition) is 3. The van der Waals surface area contributed by atoms with Gasteiger partial charge in [0.2, 0.25) is 0 Å². The van der Waals surface area contributed by atoms with Crippen LogP contribution in [0.2, 0.25) is 0 Å². The van der Waals surface area contributed by atoms with E-state index in [0.29, 0.717) is 6.04 Å². The number of hydrogen-bond donors (Lipinski definition) is 1. The summed E-state index contributed by atoms with van der Waals surface area (Å²) in [5.41, 5.74) is 1.00. The highest BCUT2D eigenvalue weighted by Crippen LogP contribution is 2.18. The van der Waals surface area contributed by atoms with Crippen molar-refractivity contribution >= 4 is 10.9 Å². The van der Waals surface area contributed by atoms with Crippen LogP contribution in [0.3, 0.4) is 0 Å². The molecule has 0 aliphatic rings. The molecular weight excluding hydrogens is 236 g/mol. The Labute approximate surface area is 115 Å². The van der Waals surface area contributed by atoms with E-state index in [1.807, 2.05) is 24.3 Å². The second-order valence-corrected chi connectivity index (χ2v) is 5.01. The molecule has 0 aliphatic carbocycles. The van der Waals surface area contributed by atoms with Crippen molar-refractivity contribution in [3.05, 3.63) is 36.5 Å². The summed E-state index contributed by atoms with van der Waals surface area (Å²) in [7, 11) is 0. The predicted octanol–water partition coefficient (Wildman–Crippen LogP) is 3.39. The predicted molar refractivity (Wildman–Crippen MR) is 79.6 cm³/mol. The lowest BCUT2D eigenvalue weighted by Crippen LogP contribution is -2.34. The van der Waals surface area contributed by atoms with E-state index in [-0.39, 0.29) is 6.10 Å². The maximum absolute atomic E-state index is 5.89. The summed E-state index contributed by atoms with van der Waals surface area (Å²) in [4.78, 5) is 4.40. The standard InChI is InChI=1S/C16H22N2O/c1-4-12(2)17-10-13(3)19-15-9-14-7-5-6-8-16(14)18-11-15/h5-9,11-13,17H,4,10H2,1-3H3. The van der Waals surface area contributed by atoms with Gasteiger partial charge in [0.25, 0.3) is 0 Å². The number of rotatable bonds is 6. The summed E-state index contributed by atoms with van der Waals surface area (Å²) in [6.45, 7) is 7.28. The molecule has 3 nitrogen and oxygen atoms in total. The lowest BCUT2D eigenvalue weighted by Gasteiger charge is -2.18. The zero-order valence-electron chi connectivity index (χ0n) is 11.9. The SMILES string of the molecule is CCC(C)NCC(C)Oc1cnc2ccccc2c1. The number of fused-ring (bicyclic) bond motifs is 1. The molecule has 0 saturated heterocycles. The fraction of sp³-hybridized carbons (Fsp3) is 0.438. The van der Waals surface area contributed by atoms with Crippen molar-refractivity contribution in [1.29, 1.82) is 0 Å². The fourth-order valence-electron chi connectivity index (χ4n) is 1.90. The van der Waals surface area contributed by atoms with Crippen LogP contribution in [0.15, 0.2) is 36.5 Å². The Kier molecular flexibility index (Phi) is 4.74. The van der Waals surface area contributed by atoms with Crippen LogP contribution in [-0.2, 0) is 0 Å². The van der Waals surface area contributed by atoms with Crippen LogP contribution in [0.5, 0.6) is 5.75 Å². The van der Waals surface area contributed by atoms with Crippen molar-refractivity contribution in [3.63, 3.8) is 0 Å². The number of benzene rings is 1. The first-order valence-electron chi connectivity index (χ1n) is 6.94. The zero-order valence-corrected chi connectivity index (χ0v) is 11.9. The van der Waals surface area contributed by atoms with Gasteiger partial charge in [0.05, 0.1) is 11.7 Å². The molecule has 2 atom stereocenters. The fourth-order valence-corrected chi connectivity index (χ4v) is 1.90. The summed E-state index contributed by atoms with van der Waals surface area (Å²) in [5.74, 6) is 0.831. The molecule has 2 unspecified atom stereocenters. The Morgan fingerprint density at radius 3 is 2.84 bits per heavy atom.